The highest BCUT2D eigenvalue weighted by atomic mass is 35.5. The summed E-state index contributed by atoms with van der Waals surface area (Å²) in [5.41, 5.74) is 1.82. The van der Waals surface area contributed by atoms with Crippen LogP contribution in [0.25, 0.3) is 10.9 Å². The smallest absolute Gasteiger partial charge is 0.227 e. The third-order valence-corrected chi connectivity index (χ3v) is 7.14. The molecule has 0 saturated carbocycles. The summed E-state index contributed by atoms with van der Waals surface area (Å²) in [7, 11) is 2.11. The second-order valence-corrected chi connectivity index (χ2v) is 9.53. The van der Waals surface area contributed by atoms with Crippen LogP contribution in [-0.2, 0) is 11.3 Å². The molecule has 1 aromatic carbocycles. The number of fused-ring (bicyclic) bond motifs is 1. The molecule has 178 valence electrons. The van der Waals surface area contributed by atoms with Gasteiger partial charge in [0.05, 0.1) is 16.8 Å². The molecule has 9 heteroatoms. The normalized spacial score (nSPS) is 19.4. The van der Waals surface area contributed by atoms with Crippen molar-refractivity contribution in [3.8, 4) is 0 Å². The minimum absolute atomic E-state index is 0.00620. The number of benzene rings is 1. The van der Waals surface area contributed by atoms with Crippen LogP contribution >= 0.6 is 11.6 Å². The van der Waals surface area contributed by atoms with Crippen molar-refractivity contribution in [2.75, 3.05) is 56.5 Å². The van der Waals surface area contributed by atoms with Crippen LogP contribution in [0.5, 0.6) is 0 Å². The number of nitrogens with zero attached hydrogens (tertiary/aromatic N) is 6. The Labute approximate surface area is 204 Å². The van der Waals surface area contributed by atoms with Crippen molar-refractivity contribution in [2.45, 2.75) is 19.4 Å². The number of anilines is 2. The zero-order valence-electron chi connectivity index (χ0n) is 19.5. The molecule has 5 rings (SSSR count). The third-order valence-electron chi connectivity index (χ3n) is 6.77. The van der Waals surface area contributed by atoms with E-state index in [1.54, 1.807) is 6.20 Å². The predicted molar refractivity (Wildman–Crippen MR) is 135 cm³/mol. The van der Waals surface area contributed by atoms with Crippen LogP contribution in [0, 0.1) is 5.92 Å². The maximum Gasteiger partial charge on any atom is 0.227 e. The fraction of sp³-hybridized carbons (Fsp3) is 0.440. The van der Waals surface area contributed by atoms with Gasteiger partial charge in [0, 0.05) is 63.2 Å². The lowest BCUT2D eigenvalue weighted by molar-refractivity contribution is -0.137. The van der Waals surface area contributed by atoms with Crippen molar-refractivity contribution in [1.29, 1.82) is 0 Å². The Morgan fingerprint density at radius 3 is 2.76 bits per heavy atom. The average molecular weight is 480 g/mol. The van der Waals surface area contributed by atoms with Gasteiger partial charge in [0.15, 0.2) is 0 Å². The van der Waals surface area contributed by atoms with E-state index in [0.717, 1.165) is 67.8 Å². The highest BCUT2D eigenvalue weighted by Crippen LogP contribution is 2.29. The number of hydrogen-bond acceptors (Lipinski definition) is 7. The number of nitrogens with one attached hydrogen (secondary N) is 1. The zero-order chi connectivity index (χ0) is 23.5. The molecule has 8 nitrogen and oxygen atoms in total. The van der Waals surface area contributed by atoms with Crippen molar-refractivity contribution in [2.24, 2.45) is 5.92 Å². The summed E-state index contributed by atoms with van der Waals surface area (Å²) in [4.78, 5) is 33.6. The molecule has 2 aliphatic heterocycles. The molecule has 0 bridgehead atoms. The first kappa shape index (κ1) is 22.8. The number of pyridine rings is 1. The van der Waals surface area contributed by atoms with Gasteiger partial charge in [-0.15, -0.1) is 0 Å². The van der Waals surface area contributed by atoms with Crippen LogP contribution in [0.1, 0.15) is 18.4 Å². The van der Waals surface area contributed by atoms with Gasteiger partial charge in [-0.1, -0.05) is 29.8 Å². The SMILES string of the molecule is CN1CCN(C(=O)C2CCCN(c3nccc4nc(NCc5ccccc5Cl)ncc34)C2)CC1. The maximum atomic E-state index is 13.2. The first-order valence-corrected chi connectivity index (χ1v) is 12.3. The molecule has 34 heavy (non-hydrogen) atoms. The van der Waals surface area contributed by atoms with Gasteiger partial charge < -0.3 is 20.0 Å². The number of hydrogen-bond donors (Lipinski definition) is 1. The predicted octanol–water partition coefficient (Wildman–Crippen LogP) is 3.28. The van der Waals surface area contributed by atoms with Crippen molar-refractivity contribution in [3.05, 3.63) is 53.3 Å². The number of piperidine rings is 1. The van der Waals surface area contributed by atoms with E-state index in [0.29, 0.717) is 24.1 Å². The maximum absolute atomic E-state index is 13.2. The van der Waals surface area contributed by atoms with Crippen LogP contribution in [0.3, 0.4) is 0 Å². The van der Waals surface area contributed by atoms with Gasteiger partial charge in [-0.2, -0.15) is 0 Å². The summed E-state index contributed by atoms with van der Waals surface area (Å²) in [5, 5.41) is 4.88. The van der Waals surface area contributed by atoms with Crippen molar-refractivity contribution in [1.82, 2.24) is 24.8 Å². The van der Waals surface area contributed by atoms with Crippen molar-refractivity contribution < 1.29 is 4.79 Å². The number of carbonyl (C=O) groups excluding carboxylic acids is 1. The largest absolute Gasteiger partial charge is 0.355 e. The molecule has 3 aromatic rings. The molecule has 1 atom stereocenters. The Balaban J connectivity index is 1.30. The van der Waals surface area contributed by atoms with Gasteiger partial charge in [-0.05, 0) is 37.6 Å². The summed E-state index contributed by atoms with van der Waals surface area (Å²) in [6, 6.07) is 9.63. The third kappa shape index (κ3) is 4.93. The Hall–Kier alpha value is -2.97. The lowest BCUT2D eigenvalue weighted by atomic mass is 9.96. The van der Waals surface area contributed by atoms with Gasteiger partial charge in [0.25, 0.3) is 0 Å². The minimum Gasteiger partial charge on any atom is -0.355 e. The number of amides is 1. The highest BCUT2D eigenvalue weighted by molar-refractivity contribution is 6.31. The van der Waals surface area contributed by atoms with Crippen LogP contribution in [0.4, 0.5) is 11.8 Å². The van der Waals surface area contributed by atoms with E-state index in [9.17, 15) is 4.79 Å². The van der Waals surface area contributed by atoms with Gasteiger partial charge in [0.2, 0.25) is 11.9 Å². The molecular weight excluding hydrogens is 450 g/mol. The molecule has 0 aliphatic carbocycles. The van der Waals surface area contributed by atoms with Crippen LogP contribution in [0.15, 0.2) is 42.7 Å². The van der Waals surface area contributed by atoms with Gasteiger partial charge in [0.1, 0.15) is 5.82 Å². The Morgan fingerprint density at radius 2 is 1.94 bits per heavy atom. The van der Waals surface area contributed by atoms with Gasteiger partial charge >= 0.3 is 0 Å². The Morgan fingerprint density at radius 1 is 1.12 bits per heavy atom. The lowest BCUT2D eigenvalue weighted by Gasteiger charge is -2.38. The lowest BCUT2D eigenvalue weighted by Crippen LogP contribution is -2.51. The summed E-state index contributed by atoms with van der Waals surface area (Å²) in [5.74, 6) is 1.68. The van der Waals surface area contributed by atoms with Crippen LogP contribution in [-0.4, -0.2) is 77.0 Å². The second kappa shape index (κ2) is 10.1. The van der Waals surface area contributed by atoms with E-state index in [-0.39, 0.29) is 11.8 Å². The summed E-state index contributed by atoms with van der Waals surface area (Å²) < 4.78 is 0. The summed E-state index contributed by atoms with van der Waals surface area (Å²) in [6.45, 7) is 5.63. The molecule has 1 N–H and O–H groups in total. The molecule has 2 saturated heterocycles. The molecule has 0 spiro atoms. The molecule has 1 amide bonds. The standard InChI is InChI=1S/C25H30ClN7O/c1-31-11-13-32(14-12-31)24(34)19-6-4-10-33(17-19)23-20-16-29-25(30-22(20)8-9-27-23)28-15-18-5-2-3-7-21(18)26/h2-3,5,7-9,16,19H,4,6,10-15,17H2,1H3,(H,28,29,30). The van der Waals surface area contributed by atoms with Gasteiger partial charge in [-0.3, -0.25) is 4.79 Å². The highest BCUT2D eigenvalue weighted by Gasteiger charge is 2.31. The number of likely N-dealkylation sites (N-methyl/N-ethyl adjacent to an activating group) is 1. The number of halogens is 1. The summed E-state index contributed by atoms with van der Waals surface area (Å²) >= 11 is 6.26. The molecule has 1 unspecified atom stereocenters. The number of rotatable bonds is 5. The number of piperazine rings is 1. The first-order chi connectivity index (χ1) is 16.6. The van der Waals surface area contributed by atoms with Crippen molar-refractivity contribution >= 4 is 40.2 Å². The van der Waals surface area contributed by atoms with E-state index < -0.39 is 0 Å². The summed E-state index contributed by atoms with van der Waals surface area (Å²) in [6.07, 6.45) is 5.51. The van der Waals surface area contributed by atoms with E-state index in [1.807, 2.05) is 41.4 Å². The van der Waals surface area contributed by atoms with E-state index >= 15 is 0 Å². The molecular formula is C25H30ClN7O. The zero-order valence-corrected chi connectivity index (χ0v) is 20.2. The monoisotopic (exact) mass is 479 g/mol. The van der Waals surface area contributed by atoms with Crippen molar-refractivity contribution in [3.63, 3.8) is 0 Å². The number of carbonyl (C=O) groups is 1. The quantitative estimate of drug-likeness (QED) is 0.601. The first-order valence-electron chi connectivity index (χ1n) is 11.9. The number of aromatic nitrogens is 3. The van der Waals surface area contributed by atoms with E-state index in [4.69, 9.17) is 16.6 Å². The Bertz CT molecular complexity index is 1160. The Kier molecular flexibility index (Phi) is 6.78. The minimum atomic E-state index is 0.00620. The molecule has 2 fully saturated rings. The molecule has 0 radical (unpaired) electrons. The van der Waals surface area contributed by atoms with Gasteiger partial charge in [-0.25, -0.2) is 15.0 Å². The second-order valence-electron chi connectivity index (χ2n) is 9.12. The van der Waals surface area contributed by atoms with Crippen LogP contribution in [0.2, 0.25) is 5.02 Å². The topological polar surface area (TPSA) is 77.5 Å². The average Bonchev–Trinajstić information content (AvgIpc) is 2.88. The molecule has 2 aromatic heterocycles. The van der Waals surface area contributed by atoms with E-state index in [2.05, 4.69) is 32.1 Å². The van der Waals surface area contributed by atoms with Crippen LogP contribution < -0.4 is 10.2 Å². The fourth-order valence-corrected chi connectivity index (χ4v) is 4.95. The fourth-order valence-electron chi connectivity index (χ4n) is 4.75. The molecule has 2 aliphatic rings. The molecule has 4 heterocycles. The van der Waals surface area contributed by atoms with E-state index in [1.165, 1.54) is 0 Å².